The van der Waals surface area contributed by atoms with E-state index in [4.69, 9.17) is 29.3 Å². The quantitative estimate of drug-likeness (QED) is 0.638. The minimum Gasteiger partial charge on any atom is -0.493 e. The summed E-state index contributed by atoms with van der Waals surface area (Å²) in [5, 5.41) is 18.7. The van der Waals surface area contributed by atoms with E-state index in [0.29, 0.717) is 18.2 Å². The number of hydrogen-bond donors (Lipinski definition) is 3. The third-order valence-electron chi connectivity index (χ3n) is 5.75. The van der Waals surface area contributed by atoms with Crippen LogP contribution in [0.3, 0.4) is 0 Å². The number of benzene rings is 1. The summed E-state index contributed by atoms with van der Waals surface area (Å²) < 4.78 is 11.6. The Morgan fingerprint density at radius 2 is 1.73 bits per heavy atom. The van der Waals surface area contributed by atoms with Crippen molar-refractivity contribution >= 4 is 17.6 Å². The minimum atomic E-state index is -1.82. The molecule has 2 atom stereocenters. The van der Waals surface area contributed by atoms with Crippen molar-refractivity contribution in [3.63, 3.8) is 0 Å². The van der Waals surface area contributed by atoms with Crippen molar-refractivity contribution in [2.45, 2.75) is 76.1 Å². The molecule has 30 heavy (non-hydrogen) atoms. The van der Waals surface area contributed by atoms with Gasteiger partial charge in [-0.3, -0.25) is 0 Å². The van der Waals surface area contributed by atoms with Gasteiger partial charge >= 0.3 is 11.9 Å². The van der Waals surface area contributed by atoms with E-state index in [1.165, 1.54) is 44.2 Å². The van der Waals surface area contributed by atoms with Crippen LogP contribution in [-0.4, -0.2) is 59.5 Å². The summed E-state index contributed by atoms with van der Waals surface area (Å²) >= 11 is 0. The number of carboxylic acids is 2. The monoisotopic (exact) mass is 420 g/mol. The molecule has 166 valence electrons. The Hall–Kier alpha value is -2.48. The molecule has 8 heteroatoms. The number of piperazine rings is 1. The highest BCUT2D eigenvalue weighted by atomic mass is 16.5. The summed E-state index contributed by atoms with van der Waals surface area (Å²) in [6.07, 6.45) is 7.96. The van der Waals surface area contributed by atoms with Crippen molar-refractivity contribution in [2.24, 2.45) is 0 Å². The molecule has 1 aromatic carbocycles. The van der Waals surface area contributed by atoms with Gasteiger partial charge in [-0.25, -0.2) is 9.59 Å². The minimum absolute atomic E-state index is 0.134. The Labute approximate surface area is 177 Å². The van der Waals surface area contributed by atoms with Crippen molar-refractivity contribution in [1.29, 1.82) is 0 Å². The molecule has 1 aromatic rings. The van der Waals surface area contributed by atoms with Crippen LogP contribution in [-0.2, 0) is 9.59 Å². The molecule has 2 saturated carbocycles. The van der Waals surface area contributed by atoms with Gasteiger partial charge in [0, 0.05) is 35.9 Å². The van der Waals surface area contributed by atoms with Gasteiger partial charge in [0.2, 0.25) is 0 Å². The van der Waals surface area contributed by atoms with E-state index in [1.807, 2.05) is 0 Å². The second-order valence-corrected chi connectivity index (χ2v) is 8.88. The van der Waals surface area contributed by atoms with Gasteiger partial charge in [0.1, 0.15) is 0 Å². The number of carboxylic acid groups (broad SMARTS) is 2. The van der Waals surface area contributed by atoms with Crippen LogP contribution in [0.15, 0.2) is 18.2 Å². The predicted octanol–water partition coefficient (Wildman–Crippen LogP) is 2.89. The summed E-state index contributed by atoms with van der Waals surface area (Å²) in [7, 11) is 1.74. The molecule has 0 aromatic heterocycles. The van der Waals surface area contributed by atoms with Crippen LogP contribution < -0.4 is 19.7 Å². The van der Waals surface area contributed by atoms with Gasteiger partial charge in [-0.1, -0.05) is 12.8 Å². The molecular weight excluding hydrogens is 388 g/mol. The second-order valence-electron chi connectivity index (χ2n) is 8.88. The van der Waals surface area contributed by atoms with Crippen LogP contribution in [0, 0.1) is 0 Å². The van der Waals surface area contributed by atoms with Gasteiger partial charge in [-0.15, -0.1) is 0 Å². The molecule has 1 heterocycles. The first kappa shape index (κ1) is 22.2. The van der Waals surface area contributed by atoms with Gasteiger partial charge in [0.05, 0.1) is 13.2 Å². The van der Waals surface area contributed by atoms with Gasteiger partial charge in [0.15, 0.2) is 11.5 Å². The number of carbonyl (C=O) groups is 2. The number of rotatable bonds is 4. The number of nitrogens with zero attached hydrogens (tertiary/aromatic N) is 1. The van der Waals surface area contributed by atoms with Crippen LogP contribution >= 0.6 is 0 Å². The first-order valence-electron chi connectivity index (χ1n) is 10.6. The fourth-order valence-corrected chi connectivity index (χ4v) is 4.32. The average Bonchev–Trinajstić information content (AvgIpc) is 3.51. The number of fused-ring (bicyclic) bond motifs is 1. The summed E-state index contributed by atoms with van der Waals surface area (Å²) in [5.74, 6) is -1.90. The van der Waals surface area contributed by atoms with Crippen molar-refractivity contribution in [1.82, 2.24) is 5.32 Å². The Morgan fingerprint density at radius 1 is 1.07 bits per heavy atom. The summed E-state index contributed by atoms with van der Waals surface area (Å²) in [4.78, 5) is 20.8. The van der Waals surface area contributed by atoms with E-state index in [-0.39, 0.29) is 5.54 Å². The van der Waals surface area contributed by atoms with Crippen molar-refractivity contribution in [3.05, 3.63) is 18.2 Å². The van der Waals surface area contributed by atoms with Crippen LogP contribution in [0.5, 0.6) is 11.5 Å². The van der Waals surface area contributed by atoms with E-state index in [2.05, 4.69) is 42.3 Å². The van der Waals surface area contributed by atoms with Gasteiger partial charge < -0.3 is 29.9 Å². The molecule has 0 amide bonds. The number of methoxy groups -OCH3 is 1. The maximum atomic E-state index is 9.10. The Balaban J connectivity index is 0.000000377. The van der Waals surface area contributed by atoms with Crippen LogP contribution in [0.2, 0.25) is 0 Å². The number of anilines is 1. The Morgan fingerprint density at radius 3 is 2.33 bits per heavy atom. The number of ether oxygens (including phenoxy) is 2. The van der Waals surface area contributed by atoms with Gasteiger partial charge in [0.25, 0.3) is 0 Å². The zero-order valence-corrected chi connectivity index (χ0v) is 17.9. The summed E-state index contributed by atoms with van der Waals surface area (Å²) in [6, 6.07) is 7.67. The zero-order chi connectivity index (χ0) is 21.9. The molecule has 0 bridgehead atoms. The maximum absolute atomic E-state index is 9.10. The van der Waals surface area contributed by atoms with Crippen molar-refractivity contribution in [3.8, 4) is 11.5 Å². The molecule has 8 nitrogen and oxygen atoms in total. The number of hydrogen-bond acceptors (Lipinski definition) is 6. The number of aliphatic carboxylic acids is 2. The maximum Gasteiger partial charge on any atom is 0.414 e. The summed E-state index contributed by atoms with van der Waals surface area (Å²) in [6.45, 7) is 5.65. The first-order valence-corrected chi connectivity index (χ1v) is 10.6. The van der Waals surface area contributed by atoms with Crippen molar-refractivity contribution in [2.75, 3.05) is 18.6 Å². The number of nitrogens with one attached hydrogen (secondary N) is 1. The largest absolute Gasteiger partial charge is 0.493 e. The van der Waals surface area contributed by atoms with Crippen LogP contribution in [0.25, 0.3) is 0 Å². The van der Waals surface area contributed by atoms with Gasteiger partial charge in [-0.2, -0.15) is 0 Å². The highest BCUT2D eigenvalue weighted by Crippen LogP contribution is 2.39. The van der Waals surface area contributed by atoms with E-state index < -0.39 is 11.9 Å². The lowest BCUT2D eigenvalue weighted by Crippen LogP contribution is -2.67. The van der Waals surface area contributed by atoms with E-state index in [0.717, 1.165) is 18.0 Å². The van der Waals surface area contributed by atoms with E-state index in [9.17, 15) is 0 Å². The molecule has 0 radical (unpaired) electrons. The summed E-state index contributed by atoms with van der Waals surface area (Å²) in [5.41, 5.74) is 1.40. The first-order chi connectivity index (χ1) is 14.2. The van der Waals surface area contributed by atoms with Crippen LogP contribution in [0.4, 0.5) is 5.69 Å². The van der Waals surface area contributed by atoms with Crippen LogP contribution in [0.1, 0.15) is 52.4 Å². The molecule has 1 saturated heterocycles. The lowest BCUT2D eigenvalue weighted by atomic mass is 9.83. The third-order valence-corrected chi connectivity index (χ3v) is 5.75. The fraction of sp³-hybridized carbons (Fsp3) is 0.636. The second kappa shape index (κ2) is 9.12. The SMILES string of the molecule is COc1cc(N2CC(C)(C)N[C@H]3CCCC[C@@H]32)ccc1OC1CC1.O=C(O)C(=O)O. The third kappa shape index (κ3) is 5.56. The molecule has 0 spiro atoms. The highest BCUT2D eigenvalue weighted by molar-refractivity contribution is 6.27. The lowest BCUT2D eigenvalue weighted by molar-refractivity contribution is -0.159. The molecule has 3 N–H and O–H groups in total. The highest BCUT2D eigenvalue weighted by Gasteiger charge is 2.40. The Bertz CT molecular complexity index is 765. The van der Waals surface area contributed by atoms with E-state index >= 15 is 0 Å². The molecule has 0 unspecified atom stereocenters. The molecular formula is C22H32N2O6. The van der Waals surface area contributed by atoms with E-state index in [1.54, 1.807) is 7.11 Å². The van der Waals surface area contributed by atoms with Gasteiger partial charge in [-0.05, 0) is 51.7 Å². The topological polar surface area (TPSA) is 108 Å². The lowest BCUT2D eigenvalue weighted by Gasteiger charge is -2.52. The normalized spacial score (nSPS) is 24.7. The Kier molecular flexibility index (Phi) is 6.75. The van der Waals surface area contributed by atoms with Crippen molar-refractivity contribution < 1.29 is 29.3 Å². The smallest absolute Gasteiger partial charge is 0.414 e. The molecule has 1 aliphatic heterocycles. The zero-order valence-electron chi connectivity index (χ0n) is 17.9. The standard InChI is InChI=1S/C20H30N2O2.C2H2O4/c1-20(2)13-22(17-7-5-4-6-16(17)21-20)14-8-11-18(19(12-14)23-3)24-15-9-10-15;3-1(4)2(5)6/h8,11-12,15-17,21H,4-7,9-10,13H2,1-3H3;(H,3,4)(H,5,6)/t16-,17-;/m0./s1. The average molecular weight is 421 g/mol. The molecule has 4 rings (SSSR count). The fourth-order valence-electron chi connectivity index (χ4n) is 4.32. The molecule has 3 fully saturated rings. The molecule has 3 aliphatic rings. The predicted molar refractivity (Wildman–Crippen MR) is 113 cm³/mol. The molecule has 2 aliphatic carbocycles.